The lowest BCUT2D eigenvalue weighted by atomic mass is 9.40. The molecule has 0 radical (unpaired) electrons. The number of aliphatic hydroxyl groups excluding tert-OH is 1. The average molecular weight is 489 g/mol. The van der Waals surface area contributed by atoms with Crippen molar-refractivity contribution in [1.29, 1.82) is 0 Å². The summed E-state index contributed by atoms with van der Waals surface area (Å²) in [5.41, 5.74) is -0.542. The number of Topliss-reactive ketones (excluding diaryl/α,β-unsaturated/α-hetero) is 3. The number of ketones is 3. The van der Waals surface area contributed by atoms with Crippen molar-refractivity contribution in [3.05, 3.63) is 82.2 Å². The largest absolute Gasteiger partial charge is 0.510 e. The Labute approximate surface area is 215 Å². The zero-order valence-electron chi connectivity index (χ0n) is 23.0. The minimum atomic E-state index is -1.48. The average Bonchev–Trinajstić information content (AvgIpc) is 2.80. The lowest BCUT2D eigenvalue weighted by molar-refractivity contribution is -0.163. The number of carbonyl (C=O) groups excluding carboxylic acids is 3. The molecule has 2 aliphatic carbocycles. The summed E-state index contributed by atoms with van der Waals surface area (Å²) in [6, 6.07) is 8.54. The van der Waals surface area contributed by atoms with Crippen molar-refractivity contribution in [1.82, 2.24) is 0 Å². The molecule has 0 heterocycles. The summed E-state index contributed by atoms with van der Waals surface area (Å²) in [6.07, 6.45) is 7.10. The van der Waals surface area contributed by atoms with E-state index in [2.05, 4.69) is 6.08 Å². The molecule has 1 fully saturated rings. The molecular weight excluding hydrogens is 448 g/mol. The van der Waals surface area contributed by atoms with Crippen LogP contribution in [0.15, 0.2) is 76.6 Å². The fraction of sp³-hybridized carbons (Fsp3) is 0.469. The van der Waals surface area contributed by atoms with E-state index in [0.29, 0.717) is 18.4 Å². The molecule has 1 N–H and O–H groups in total. The molecule has 36 heavy (non-hydrogen) atoms. The third-order valence-corrected chi connectivity index (χ3v) is 8.13. The molecule has 1 aromatic rings. The van der Waals surface area contributed by atoms with Crippen LogP contribution in [0.3, 0.4) is 0 Å². The third-order valence-electron chi connectivity index (χ3n) is 8.13. The van der Waals surface area contributed by atoms with Crippen molar-refractivity contribution in [2.24, 2.45) is 22.2 Å². The van der Waals surface area contributed by atoms with E-state index in [9.17, 15) is 19.5 Å². The van der Waals surface area contributed by atoms with Gasteiger partial charge in [-0.25, -0.2) is 0 Å². The first kappa shape index (κ1) is 27.6. The van der Waals surface area contributed by atoms with Gasteiger partial charge < -0.3 is 5.11 Å². The second-order valence-corrected chi connectivity index (χ2v) is 11.8. The zero-order chi connectivity index (χ0) is 27.1. The maximum absolute atomic E-state index is 14.6. The molecular formula is C32H40O4. The van der Waals surface area contributed by atoms with Gasteiger partial charge in [-0.2, -0.15) is 0 Å². The maximum Gasteiger partial charge on any atom is 0.200 e. The van der Waals surface area contributed by atoms with E-state index in [1.165, 1.54) is 0 Å². The van der Waals surface area contributed by atoms with Crippen LogP contribution >= 0.6 is 0 Å². The van der Waals surface area contributed by atoms with Gasteiger partial charge in [-0.3, -0.25) is 14.4 Å². The quantitative estimate of drug-likeness (QED) is 0.186. The third kappa shape index (κ3) is 4.25. The molecule has 3 atom stereocenters. The normalized spacial score (nSPS) is 26.8. The Morgan fingerprint density at radius 2 is 1.53 bits per heavy atom. The first-order valence-electron chi connectivity index (χ1n) is 12.8. The Kier molecular flexibility index (Phi) is 7.51. The fourth-order valence-corrected chi connectivity index (χ4v) is 6.01. The van der Waals surface area contributed by atoms with E-state index >= 15 is 0 Å². The van der Waals surface area contributed by atoms with E-state index in [1.807, 2.05) is 61.5 Å². The van der Waals surface area contributed by atoms with Crippen molar-refractivity contribution < 1.29 is 19.5 Å². The Bertz CT molecular complexity index is 1200. The Balaban J connectivity index is 2.44. The van der Waals surface area contributed by atoms with Crippen LogP contribution in [0, 0.1) is 22.2 Å². The molecule has 4 heteroatoms. The number of allylic oxidation sites excluding steroid dienone is 7. The highest BCUT2D eigenvalue weighted by atomic mass is 16.3. The van der Waals surface area contributed by atoms with E-state index in [-0.39, 0.29) is 23.7 Å². The number of hydrogen-bond donors (Lipinski definition) is 1. The van der Waals surface area contributed by atoms with Gasteiger partial charge in [0.05, 0.1) is 5.41 Å². The lowest BCUT2D eigenvalue weighted by Gasteiger charge is -2.59. The second kappa shape index (κ2) is 9.80. The van der Waals surface area contributed by atoms with Crippen molar-refractivity contribution in [3.8, 4) is 0 Å². The predicted molar refractivity (Wildman–Crippen MR) is 145 cm³/mol. The zero-order valence-corrected chi connectivity index (χ0v) is 23.0. The van der Waals surface area contributed by atoms with Crippen LogP contribution in [-0.2, 0) is 9.59 Å². The molecule has 192 valence electrons. The van der Waals surface area contributed by atoms with Gasteiger partial charge >= 0.3 is 0 Å². The van der Waals surface area contributed by atoms with Crippen molar-refractivity contribution in [3.63, 3.8) is 0 Å². The lowest BCUT2D eigenvalue weighted by Crippen LogP contribution is -2.65. The molecule has 1 aromatic carbocycles. The van der Waals surface area contributed by atoms with Crippen molar-refractivity contribution >= 4 is 17.3 Å². The number of benzene rings is 1. The minimum Gasteiger partial charge on any atom is -0.510 e. The summed E-state index contributed by atoms with van der Waals surface area (Å²) in [7, 11) is 0. The first-order chi connectivity index (χ1) is 16.7. The molecule has 0 spiro atoms. The molecule has 4 nitrogen and oxygen atoms in total. The van der Waals surface area contributed by atoms with Crippen LogP contribution in [0.2, 0.25) is 0 Å². The van der Waals surface area contributed by atoms with Crippen molar-refractivity contribution in [2.75, 3.05) is 0 Å². The fourth-order valence-electron chi connectivity index (χ4n) is 6.01. The molecule has 1 saturated carbocycles. The van der Waals surface area contributed by atoms with E-state index in [4.69, 9.17) is 0 Å². The van der Waals surface area contributed by atoms with Crippen LogP contribution in [0.1, 0.15) is 85.0 Å². The number of carbonyl (C=O) groups is 3. The Morgan fingerprint density at radius 1 is 0.944 bits per heavy atom. The summed E-state index contributed by atoms with van der Waals surface area (Å²) >= 11 is 0. The van der Waals surface area contributed by atoms with Crippen molar-refractivity contribution in [2.45, 2.75) is 74.7 Å². The van der Waals surface area contributed by atoms with Crippen LogP contribution in [-0.4, -0.2) is 22.5 Å². The van der Waals surface area contributed by atoms with Crippen LogP contribution < -0.4 is 0 Å². The standard InChI is InChI=1S/C32H40O4/c1-20(2)14-15-24-19-31(17-16-21(3)4)27(34)25(26(33)23-12-10-9-11-13-23)28(35)32(29(31)36,18-22(5)6)30(24,7)8/h9-14,16,18,24,35H,15,17,19H2,1-8H3/t24-,31-,32+/m0/s1. The smallest absolute Gasteiger partial charge is 0.200 e. The molecule has 3 rings (SSSR count). The Hall–Kier alpha value is -3.01. The number of hydrogen-bond acceptors (Lipinski definition) is 4. The van der Waals surface area contributed by atoms with Gasteiger partial charge in [0, 0.05) is 5.56 Å². The van der Waals surface area contributed by atoms with Gasteiger partial charge in [-0.1, -0.05) is 79.1 Å². The Morgan fingerprint density at radius 3 is 2.06 bits per heavy atom. The van der Waals surface area contributed by atoms with Gasteiger partial charge in [0.15, 0.2) is 17.3 Å². The highest BCUT2D eigenvalue weighted by molar-refractivity contribution is 6.35. The monoisotopic (exact) mass is 488 g/mol. The molecule has 0 aromatic heterocycles. The van der Waals surface area contributed by atoms with E-state index < -0.39 is 33.6 Å². The van der Waals surface area contributed by atoms with Gasteiger partial charge in [-0.05, 0) is 72.1 Å². The topological polar surface area (TPSA) is 71.4 Å². The SMILES string of the molecule is CC(C)=CC[C@H]1C[C@@]2(CC=C(C)C)C(=O)C(C(=O)c3ccccc3)=C(O)[C@](C=C(C)C)(C2=O)C1(C)C. The first-order valence-corrected chi connectivity index (χ1v) is 12.8. The number of aliphatic hydroxyl groups is 1. The van der Waals surface area contributed by atoms with E-state index in [0.717, 1.165) is 16.7 Å². The van der Waals surface area contributed by atoms with Crippen LogP contribution in [0.4, 0.5) is 0 Å². The molecule has 0 unspecified atom stereocenters. The summed E-state index contributed by atoms with van der Waals surface area (Å²) in [5, 5.41) is 11.9. The highest BCUT2D eigenvalue weighted by Crippen LogP contribution is 2.66. The van der Waals surface area contributed by atoms with Gasteiger partial charge in [0.2, 0.25) is 0 Å². The molecule has 0 amide bonds. The van der Waals surface area contributed by atoms with Gasteiger partial charge in [0.25, 0.3) is 0 Å². The molecule has 0 aliphatic heterocycles. The van der Waals surface area contributed by atoms with Crippen LogP contribution in [0.25, 0.3) is 0 Å². The van der Waals surface area contributed by atoms with Gasteiger partial charge in [0.1, 0.15) is 16.7 Å². The second-order valence-electron chi connectivity index (χ2n) is 11.8. The summed E-state index contributed by atoms with van der Waals surface area (Å²) in [4.78, 5) is 42.7. The van der Waals surface area contributed by atoms with Gasteiger partial charge in [-0.15, -0.1) is 0 Å². The summed E-state index contributed by atoms with van der Waals surface area (Å²) in [6.45, 7) is 15.7. The molecule has 2 aliphatic rings. The number of rotatable bonds is 7. The summed E-state index contributed by atoms with van der Waals surface area (Å²) in [5.74, 6) is -1.83. The minimum absolute atomic E-state index is 0.0641. The highest BCUT2D eigenvalue weighted by Gasteiger charge is 2.71. The molecule has 0 saturated heterocycles. The summed E-state index contributed by atoms with van der Waals surface area (Å²) < 4.78 is 0. The molecule has 2 bridgehead atoms. The maximum atomic E-state index is 14.6. The number of fused-ring (bicyclic) bond motifs is 2. The van der Waals surface area contributed by atoms with Crippen LogP contribution in [0.5, 0.6) is 0 Å². The predicted octanol–water partition coefficient (Wildman–Crippen LogP) is 7.53. The van der Waals surface area contributed by atoms with E-state index in [1.54, 1.807) is 36.4 Å².